The van der Waals surface area contributed by atoms with Gasteiger partial charge in [0.25, 0.3) is 5.69 Å². The zero-order chi connectivity index (χ0) is 15.0. The van der Waals surface area contributed by atoms with Crippen molar-refractivity contribution in [2.75, 3.05) is 5.32 Å². The highest BCUT2D eigenvalue weighted by atomic mass is 19.1. The number of rotatable bonds is 3. The largest absolute Gasteiger partial charge is 0.390 e. The number of halogens is 1. The van der Waals surface area contributed by atoms with Gasteiger partial charge < -0.3 is 10.4 Å². The number of nitro groups is 1. The van der Waals surface area contributed by atoms with E-state index in [0.29, 0.717) is 6.42 Å². The molecular weight excluding hydrogens is 275 g/mol. The third-order valence-electron chi connectivity index (χ3n) is 3.68. The maximum atomic E-state index is 13.9. The van der Waals surface area contributed by atoms with Crippen molar-refractivity contribution in [2.45, 2.75) is 18.6 Å². The molecule has 0 radical (unpaired) electrons. The molecule has 0 fully saturated rings. The van der Waals surface area contributed by atoms with Gasteiger partial charge in [0.05, 0.1) is 28.8 Å². The Balaban J connectivity index is 1.89. The average molecular weight is 288 g/mol. The molecule has 0 spiro atoms. The van der Waals surface area contributed by atoms with Crippen LogP contribution in [0.3, 0.4) is 0 Å². The molecule has 1 aliphatic carbocycles. The predicted octanol–water partition coefficient (Wildman–Crippen LogP) is 2.80. The van der Waals surface area contributed by atoms with Crippen LogP contribution in [0.1, 0.15) is 17.2 Å². The van der Waals surface area contributed by atoms with Gasteiger partial charge in [0.15, 0.2) is 5.82 Å². The Morgan fingerprint density at radius 3 is 2.76 bits per heavy atom. The van der Waals surface area contributed by atoms with Crippen molar-refractivity contribution in [3.63, 3.8) is 0 Å². The van der Waals surface area contributed by atoms with Crippen molar-refractivity contribution in [3.8, 4) is 0 Å². The second-order valence-corrected chi connectivity index (χ2v) is 5.01. The Labute approximate surface area is 120 Å². The number of hydrogen-bond donors (Lipinski definition) is 2. The number of nitro benzene ring substituents is 1. The molecule has 0 aromatic heterocycles. The Kier molecular flexibility index (Phi) is 3.31. The zero-order valence-electron chi connectivity index (χ0n) is 11.0. The minimum atomic E-state index is -0.708. The molecule has 0 saturated carbocycles. The first kappa shape index (κ1) is 13.5. The highest BCUT2D eigenvalue weighted by molar-refractivity contribution is 5.53. The summed E-state index contributed by atoms with van der Waals surface area (Å²) in [5.74, 6) is -0.708. The summed E-state index contributed by atoms with van der Waals surface area (Å²) in [7, 11) is 0. The molecule has 3 rings (SSSR count). The van der Waals surface area contributed by atoms with E-state index in [1.807, 2.05) is 24.3 Å². The molecule has 0 amide bonds. The second-order valence-electron chi connectivity index (χ2n) is 5.01. The van der Waals surface area contributed by atoms with Gasteiger partial charge in [-0.25, -0.2) is 4.39 Å². The molecule has 2 aromatic carbocycles. The van der Waals surface area contributed by atoms with Gasteiger partial charge in [-0.15, -0.1) is 0 Å². The normalized spacial score (nSPS) is 20.1. The number of anilines is 1. The standard InChI is InChI=1S/C15H13FN2O3/c16-12-8-10(18(20)21)5-6-13(12)17-15-11-4-2-1-3-9(11)7-14(15)19/h1-6,8,14-15,17,19H,7H2/t14-,15+/m1/s1. The van der Waals surface area contributed by atoms with Crippen molar-refractivity contribution >= 4 is 11.4 Å². The van der Waals surface area contributed by atoms with Crippen LogP contribution >= 0.6 is 0 Å². The van der Waals surface area contributed by atoms with E-state index in [0.717, 1.165) is 17.2 Å². The smallest absolute Gasteiger partial charge is 0.272 e. The van der Waals surface area contributed by atoms with Crippen LogP contribution in [0.5, 0.6) is 0 Å². The van der Waals surface area contributed by atoms with E-state index in [1.54, 1.807) is 0 Å². The van der Waals surface area contributed by atoms with Gasteiger partial charge in [0, 0.05) is 12.5 Å². The molecule has 5 nitrogen and oxygen atoms in total. The maximum absolute atomic E-state index is 13.9. The van der Waals surface area contributed by atoms with Crippen molar-refractivity contribution in [3.05, 3.63) is 69.5 Å². The van der Waals surface area contributed by atoms with Crippen molar-refractivity contribution < 1.29 is 14.4 Å². The molecule has 0 heterocycles. The van der Waals surface area contributed by atoms with E-state index >= 15 is 0 Å². The van der Waals surface area contributed by atoms with E-state index < -0.39 is 22.9 Å². The summed E-state index contributed by atoms with van der Waals surface area (Å²) < 4.78 is 13.9. The number of fused-ring (bicyclic) bond motifs is 1. The Morgan fingerprint density at radius 1 is 1.29 bits per heavy atom. The van der Waals surface area contributed by atoms with Crippen LogP contribution in [0, 0.1) is 15.9 Å². The molecule has 2 N–H and O–H groups in total. The van der Waals surface area contributed by atoms with Gasteiger partial charge in [-0.2, -0.15) is 0 Å². The van der Waals surface area contributed by atoms with Gasteiger partial charge in [-0.1, -0.05) is 24.3 Å². The number of hydrogen-bond acceptors (Lipinski definition) is 4. The van der Waals surface area contributed by atoms with Crippen LogP contribution < -0.4 is 5.32 Å². The summed E-state index contributed by atoms with van der Waals surface area (Å²) >= 11 is 0. The average Bonchev–Trinajstić information content (AvgIpc) is 2.77. The maximum Gasteiger partial charge on any atom is 0.272 e. The fourth-order valence-electron chi connectivity index (χ4n) is 2.65. The molecule has 2 atom stereocenters. The van der Waals surface area contributed by atoms with Crippen LogP contribution in [0.2, 0.25) is 0 Å². The van der Waals surface area contributed by atoms with Crippen LogP contribution in [0.4, 0.5) is 15.8 Å². The van der Waals surface area contributed by atoms with Gasteiger partial charge in [-0.05, 0) is 17.2 Å². The lowest BCUT2D eigenvalue weighted by molar-refractivity contribution is -0.385. The van der Waals surface area contributed by atoms with Gasteiger partial charge in [0.2, 0.25) is 0 Å². The molecule has 0 aliphatic heterocycles. The Hall–Kier alpha value is -2.47. The lowest BCUT2D eigenvalue weighted by atomic mass is 10.1. The topological polar surface area (TPSA) is 75.4 Å². The second kappa shape index (κ2) is 5.14. The SMILES string of the molecule is O=[N+]([O-])c1ccc(N[C@H]2c3ccccc3C[C@H]2O)c(F)c1. The zero-order valence-corrected chi connectivity index (χ0v) is 11.0. The van der Waals surface area contributed by atoms with E-state index in [1.165, 1.54) is 12.1 Å². The van der Waals surface area contributed by atoms with E-state index in [2.05, 4.69) is 5.32 Å². The van der Waals surface area contributed by atoms with Crippen LogP contribution in [0.15, 0.2) is 42.5 Å². The number of benzene rings is 2. The van der Waals surface area contributed by atoms with Crippen LogP contribution in [-0.2, 0) is 6.42 Å². The van der Waals surface area contributed by atoms with Gasteiger partial charge in [-0.3, -0.25) is 10.1 Å². The molecule has 21 heavy (non-hydrogen) atoms. The summed E-state index contributed by atoms with van der Waals surface area (Å²) in [5.41, 5.74) is 1.78. The molecule has 0 unspecified atom stereocenters. The highest BCUT2D eigenvalue weighted by Crippen LogP contribution is 2.35. The molecular formula is C15H13FN2O3. The highest BCUT2D eigenvalue weighted by Gasteiger charge is 2.31. The Morgan fingerprint density at radius 2 is 2.05 bits per heavy atom. The molecule has 6 heteroatoms. The summed E-state index contributed by atoms with van der Waals surface area (Å²) in [6, 6.07) is 10.6. The van der Waals surface area contributed by atoms with E-state index in [9.17, 15) is 19.6 Å². The van der Waals surface area contributed by atoms with Crippen LogP contribution in [0.25, 0.3) is 0 Å². The van der Waals surface area contributed by atoms with Crippen LogP contribution in [-0.4, -0.2) is 16.1 Å². The number of aliphatic hydroxyl groups excluding tert-OH is 1. The molecule has 108 valence electrons. The molecule has 1 aliphatic rings. The third kappa shape index (κ3) is 2.45. The lowest BCUT2D eigenvalue weighted by Gasteiger charge is -2.19. The van der Waals surface area contributed by atoms with Crippen molar-refractivity contribution in [2.24, 2.45) is 0 Å². The minimum absolute atomic E-state index is 0.140. The van der Waals surface area contributed by atoms with E-state index in [-0.39, 0.29) is 11.4 Å². The predicted molar refractivity (Wildman–Crippen MR) is 75.6 cm³/mol. The van der Waals surface area contributed by atoms with Crippen molar-refractivity contribution in [1.82, 2.24) is 0 Å². The fourth-order valence-corrected chi connectivity index (χ4v) is 2.65. The van der Waals surface area contributed by atoms with E-state index in [4.69, 9.17) is 0 Å². The summed E-state index contributed by atoms with van der Waals surface area (Å²) in [5, 5.41) is 23.6. The third-order valence-corrected chi connectivity index (χ3v) is 3.68. The number of non-ortho nitro benzene ring substituents is 1. The lowest BCUT2D eigenvalue weighted by Crippen LogP contribution is -2.21. The van der Waals surface area contributed by atoms with Gasteiger partial charge >= 0.3 is 0 Å². The van der Waals surface area contributed by atoms with Gasteiger partial charge in [0.1, 0.15) is 0 Å². The quantitative estimate of drug-likeness (QED) is 0.672. The Bertz CT molecular complexity index is 705. The number of aliphatic hydroxyl groups is 1. The first-order valence-corrected chi connectivity index (χ1v) is 6.52. The fraction of sp³-hybridized carbons (Fsp3) is 0.200. The number of nitrogens with zero attached hydrogens (tertiary/aromatic N) is 1. The molecule has 2 aromatic rings. The first-order chi connectivity index (χ1) is 10.1. The summed E-state index contributed by atoms with van der Waals surface area (Å²) in [4.78, 5) is 9.96. The minimum Gasteiger partial charge on any atom is -0.390 e. The molecule has 0 saturated heterocycles. The monoisotopic (exact) mass is 288 g/mol. The summed E-state index contributed by atoms with van der Waals surface area (Å²) in [6.45, 7) is 0. The first-order valence-electron chi connectivity index (χ1n) is 6.52. The molecule has 0 bridgehead atoms. The van der Waals surface area contributed by atoms with Crippen molar-refractivity contribution in [1.29, 1.82) is 0 Å². The number of nitrogens with one attached hydrogen (secondary N) is 1. The summed E-state index contributed by atoms with van der Waals surface area (Å²) in [6.07, 6.45) is -0.153.